The largest absolute Gasteiger partial charge is 0.481 e. The van der Waals surface area contributed by atoms with E-state index in [1.165, 1.54) is 11.0 Å². The summed E-state index contributed by atoms with van der Waals surface area (Å²) in [5, 5.41) is 2.77. The van der Waals surface area contributed by atoms with Crippen molar-refractivity contribution in [2.75, 3.05) is 23.4 Å². The van der Waals surface area contributed by atoms with Crippen molar-refractivity contribution in [3.05, 3.63) is 89.2 Å². The quantitative estimate of drug-likeness (QED) is 0.512. The van der Waals surface area contributed by atoms with Crippen molar-refractivity contribution in [2.24, 2.45) is 0 Å². The Hall–Kier alpha value is -4.53. The van der Waals surface area contributed by atoms with E-state index >= 15 is 0 Å². The average molecular weight is 487 g/mol. The van der Waals surface area contributed by atoms with E-state index in [0.717, 1.165) is 4.90 Å². The number of carbonyl (C=O) groups is 4. The van der Waals surface area contributed by atoms with Gasteiger partial charge < -0.3 is 15.0 Å². The van der Waals surface area contributed by atoms with E-state index in [4.69, 9.17) is 4.74 Å². The van der Waals surface area contributed by atoms with Gasteiger partial charge >= 0.3 is 0 Å². The van der Waals surface area contributed by atoms with Gasteiger partial charge in [0.05, 0.1) is 23.4 Å². The van der Waals surface area contributed by atoms with Crippen LogP contribution in [0.4, 0.5) is 15.8 Å². The first-order valence-electron chi connectivity index (χ1n) is 11.5. The van der Waals surface area contributed by atoms with Gasteiger partial charge in [0.15, 0.2) is 6.61 Å². The number of anilines is 2. The van der Waals surface area contributed by atoms with Gasteiger partial charge in [-0.2, -0.15) is 0 Å². The normalized spacial score (nSPS) is 14.4. The van der Waals surface area contributed by atoms with Crippen LogP contribution in [-0.2, 0) is 16.1 Å². The number of ether oxygens (including phenoxy) is 1. The van der Waals surface area contributed by atoms with Gasteiger partial charge in [-0.15, -0.1) is 0 Å². The minimum Gasteiger partial charge on any atom is -0.481 e. The highest BCUT2D eigenvalue weighted by Gasteiger charge is 2.34. The maximum absolute atomic E-state index is 14.1. The van der Waals surface area contributed by atoms with Gasteiger partial charge in [-0.25, -0.2) is 4.39 Å². The second-order valence-electron chi connectivity index (χ2n) is 8.50. The number of amides is 4. The highest BCUT2D eigenvalue weighted by atomic mass is 19.1. The molecule has 1 N–H and O–H groups in total. The Labute approximate surface area is 206 Å². The number of hydrogen-bond acceptors (Lipinski definition) is 5. The minimum absolute atomic E-state index is 0.0609. The van der Waals surface area contributed by atoms with Crippen LogP contribution >= 0.6 is 0 Å². The molecular weight excluding hydrogens is 465 g/mol. The number of rotatable bonds is 7. The summed E-state index contributed by atoms with van der Waals surface area (Å²) in [5.41, 5.74) is 2.10. The van der Waals surface area contributed by atoms with Crippen LogP contribution in [0.2, 0.25) is 0 Å². The van der Waals surface area contributed by atoms with E-state index in [0.29, 0.717) is 40.2 Å². The summed E-state index contributed by atoms with van der Waals surface area (Å²) in [6.45, 7) is 0.00466. The maximum atomic E-state index is 14.1. The zero-order valence-corrected chi connectivity index (χ0v) is 19.2. The standard InChI is InChI=1S/C27H22FN3O5/c28-21-9-4-1-6-17(21)15-31-22-12-11-18(14-23(22)36-16-25(31)33)29-24(32)10-5-13-30-26(34)19-7-2-3-8-20(19)27(30)35/h1-4,6-9,11-12,14H,5,10,13,15-16H2,(H,29,32). The van der Waals surface area contributed by atoms with Crippen LogP contribution < -0.4 is 15.0 Å². The van der Waals surface area contributed by atoms with E-state index in [2.05, 4.69) is 5.32 Å². The predicted molar refractivity (Wildman–Crippen MR) is 129 cm³/mol. The van der Waals surface area contributed by atoms with Crippen LogP contribution in [0.25, 0.3) is 0 Å². The number of halogens is 1. The Morgan fingerprint density at radius 3 is 2.33 bits per heavy atom. The molecule has 9 heteroatoms. The highest BCUT2D eigenvalue weighted by Crippen LogP contribution is 2.35. The lowest BCUT2D eigenvalue weighted by Gasteiger charge is -2.30. The minimum atomic E-state index is -0.400. The van der Waals surface area contributed by atoms with Crippen molar-refractivity contribution >= 4 is 35.0 Å². The third-order valence-electron chi connectivity index (χ3n) is 6.14. The molecule has 0 saturated heterocycles. The molecule has 8 nitrogen and oxygen atoms in total. The predicted octanol–water partition coefficient (Wildman–Crippen LogP) is 3.77. The lowest BCUT2D eigenvalue weighted by molar-refractivity contribution is -0.121. The first kappa shape index (κ1) is 23.2. The number of nitrogens with zero attached hydrogens (tertiary/aromatic N) is 2. The van der Waals surface area contributed by atoms with Gasteiger partial charge in [0, 0.05) is 30.3 Å². The van der Waals surface area contributed by atoms with Crippen molar-refractivity contribution in [1.29, 1.82) is 0 Å². The number of carbonyl (C=O) groups excluding carboxylic acids is 4. The lowest BCUT2D eigenvalue weighted by atomic mass is 10.1. The van der Waals surface area contributed by atoms with E-state index in [-0.39, 0.29) is 49.7 Å². The van der Waals surface area contributed by atoms with Crippen molar-refractivity contribution in [3.63, 3.8) is 0 Å². The molecule has 0 fully saturated rings. The number of hydrogen-bond donors (Lipinski definition) is 1. The van der Waals surface area contributed by atoms with Crippen LogP contribution in [0.1, 0.15) is 39.1 Å². The van der Waals surface area contributed by atoms with Crippen LogP contribution in [0.3, 0.4) is 0 Å². The van der Waals surface area contributed by atoms with Crippen molar-refractivity contribution < 1.29 is 28.3 Å². The monoisotopic (exact) mass is 487 g/mol. The van der Waals surface area contributed by atoms with Gasteiger partial charge in [0.1, 0.15) is 11.6 Å². The summed E-state index contributed by atoms with van der Waals surface area (Å²) in [7, 11) is 0. The Morgan fingerprint density at radius 1 is 0.917 bits per heavy atom. The summed E-state index contributed by atoms with van der Waals surface area (Å²) in [6, 6.07) is 17.8. The second kappa shape index (κ2) is 9.61. The molecule has 0 atom stereocenters. The molecule has 5 rings (SSSR count). The fourth-order valence-electron chi connectivity index (χ4n) is 4.32. The molecule has 36 heavy (non-hydrogen) atoms. The first-order valence-corrected chi connectivity index (χ1v) is 11.5. The Morgan fingerprint density at radius 2 is 1.61 bits per heavy atom. The molecule has 4 amide bonds. The molecule has 182 valence electrons. The Kier molecular flexibility index (Phi) is 6.20. The molecule has 2 heterocycles. The first-order chi connectivity index (χ1) is 17.4. The van der Waals surface area contributed by atoms with Crippen molar-refractivity contribution in [3.8, 4) is 5.75 Å². The maximum Gasteiger partial charge on any atom is 0.265 e. The van der Waals surface area contributed by atoms with Gasteiger partial charge in [0.25, 0.3) is 17.7 Å². The molecule has 3 aromatic carbocycles. The smallest absolute Gasteiger partial charge is 0.265 e. The van der Waals surface area contributed by atoms with Gasteiger partial charge in [-0.05, 0) is 36.8 Å². The molecule has 0 spiro atoms. The Bertz CT molecular complexity index is 1350. The fraction of sp³-hybridized carbons (Fsp3) is 0.185. The molecule has 0 saturated carbocycles. The fourth-order valence-corrected chi connectivity index (χ4v) is 4.32. The molecule has 2 aliphatic rings. The summed E-state index contributed by atoms with van der Waals surface area (Å²) >= 11 is 0. The number of nitrogens with one attached hydrogen (secondary N) is 1. The molecule has 0 unspecified atom stereocenters. The van der Waals surface area contributed by atoms with Crippen molar-refractivity contribution in [1.82, 2.24) is 4.90 Å². The lowest BCUT2D eigenvalue weighted by Crippen LogP contribution is -2.38. The molecule has 0 aromatic heterocycles. The topological polar surface area (TPSA) is 96.0 Å². The highest BCUT2D eigenvalue weighted by molar-refractivity contribution is 6.21. The average Bonchev–Trinajstić information content (AvgIpc) is 3.12. The van der Waals surface area contributed by atoms with E-state index in [1.54, 1.807) is 60.7 Å². The summed E-state index contributed by atoms with van der Waals surface area (Å²) in [6.07, 6.45) is 0.410. The third kappa shape index (κ3) is 4.43. The van der Waals surface area contributed by atoms with Crippen LogP contribution in [0, 0.1) is 5.82 Å². The van der Waals surface area contributed by atoms with Gasteiger partial charge in [-0.1, -0.05) is 30.3 Å². The molecule has 0 aliphatic carbocycles. The molecule has 0 radical (unpaired) electrons. The second-order valence-corrected chi connectivity index (χ2v) is 8.50. The zero-order chi connectivity index (χ0) is 25.2. The molecule has 0 bridgehead atoms. The van der Waals surface area contributed by atoms with E-state index in [1.807, 2.05) is 0 Å². The third-order valence-corrected chi connectivity index (χ3v) is 6.14. The Balaban J connectivity index is 1.19. The number of benzene rings is 3. The van der Waals surface area contributed by atoms with Crippen LogP contribution in [0.15, 0.2) is 66.7 Å². The summed E-state index contributed by atoms with van der Waals surface area (Å²) < 4.78 is 19.7. The molecular formula is C27H22FN3O5. The number of fused-ring (bicyclic) bond motifs is 2. The van der Waals surface area contributed by atoms with Gasteiger partial charge in [-0.3, -0.25) is 24.1 Å². The van der Waals surface area contributed by atoms with Gasteiger partial charge in [0.2, 0.25) is 5.91 Å². The van der Waals surface area contributed by atoms with Crippen LogP contribution in [0.5, 0.6) is 5.75 Å². The zero-order valence-electron chi connectivity index (χ0n) is 19.2. The molecule has 3 aromatic rings. The molecule has 2 aliphatic heterocycles. The number of imide groups is 1. The van der Waals surface area contributed by atoms with Crippen molar-refractivity contribution in [2.45, 2.75) is 19.4 Å². The van der Waals surface area contributed by atoms with Crippen LogP contribution in [-0.4, -0.2) is 41.7 Å². The van der Waals surface area contributed by atoms with E-state index in [9.17, 15) is 23.6 Å². The summed E-state index contributed by atoms with van der Waals surface area (Å²) in [5.74, 6) is -1.29. The van der Waals surface area contributed by atoms with E-state index < -0.39 is 5.82 Å². The summed E-state index contributed by atoms with van der Waals surface area (Å²) in [4.78, 5) is 52.4. The SMILES string of the molecule is O=C(CCCN1C(=O)c2ccccc2C1=O)Nc1ccc2c(c1)OCC(=O)N2Cc1ccccc1F.